The summed E-state index contributed by atoms with van der Waals surface area (Å²) in [5.41, 5.74) is 1.66. The van der Waals surface area contributed by atoms with Gasteiger partial charge in [-0.2, -0.15) is 0 Å². The standard InChI is InChI=1S/C28H33BF2N2O4/c1-27(2)28(3,4)37-29(36-27)19-7-5-17(6-8-19)18-11-13-33(14-12-18)20-15-22(30)25(23(31)16-20)21-9-10-24(34)32-26(21)35/h5-8,15-16,18,21H,9-14H2,1-4H3,(H,32,34,35). The molecule has 0 aliphatic carbocycles. The van der Waals surface area contributed by atoms with Crippen LogP contribution in [-0.2, 0) is 18.9 Å². The van der Waals surface area contributed by atoms with Crippen molar-refractivity contribution in [1.82, 2.24) is 5.32 Å². The molecule has 3 heterocycles. The van der Waals surface area contributed by atoms with Gasteiger partial charge in [0.2, 0.25) is 11.8 Å². The molecule has 2 amide bonds. The maximum atomic E-state index is 15.0. The second kappa shape index (κ2) is 9.51. The first-order chi connectivity index (χ1) is 17.4. The van der Waals surface area contributed by atoms with E-state index >= 15 is 0 Å². The summed E-state index contributed by atoms with van der Waals surface area (Å²) in [6.07, 6.45) is 1.89. The van der Waals surface area contributed by atoms with Crippen LogP contribution >= 0.6 is 0 Å². The third kappa shape index (κ3) is 4.91. The quantitative estimate of drug-likeness (QED) is 0.494. The van der Waals surface area contributed by atoms with Gasteiger partial charge < -0.3 is 14.2 Å². The van der Waals surface area contributed by atoms with Gasteiger partial charge in [-0.25, -0.2) is 8.78 Å². The van der Waals surface area contributed by atoms with E-state index in [-0.39, 0.29) is 29.6 Å². The van der Waals surface area contributed by atoms with Crippen LogP contribution in [0.3, 0.4) is 0 Å². The van der Waals surface area contributed by atoms with Crippen molar-refractivity contribution in [2.75, 3.05) is 18.0 Å². The minimum Gasteiger partial charge on any atom is -0.399 e. The van der Waals surface area contributed by atoms with Crippen LogP contribution in [0.5, 0.6) is 0 Å². The molecular formula is C28H33BF2N2O4. The summed E-state index contributed by atoms with van der Waals surface area (Å²) in [5.74, 6) is -3.19. The zero-order chi connectivity index (χ0) is 26.5. The topological polar surface area (TPSA) is 67.9 Å². The van der Waals surface area contributed by atoms with Gasteiger partial charge in [0.1, 0.15) is 11.6 Å². The molecule has 0 aromatic heterocycles. The van der Waals surface area contributed by atoms with Gasteiger partial charge in [0, 0.05) is 30.8 Å². The maximum Gasteiger partial charge on any atom is 0.494 e. The first-order valence-electron chi connectivity index (χ1n) is 13.0. The first kappa shape index (κ1) is 25.9. The molecular weight excluding hydrogens is 477 g/mol. The lowest BCUT2D eigenvalue weighted by molar-refractivity contribution is -0.134. The van der Waals surface area contributed by atoms with E-state index in [9.17, 15) is 18.4 Å². The summed E-state index contributed by atoms with van der Waals surface area (Å²) in [7, 11) is -0.395. The zero-order valence-corrected chi connectivity index (χ0v) is 21.8. The van der Waals surface area contributed by atoms with E-state index in [0.29, 0.717) is 24.7 Å². The van der Waals surface area contributed by atoms with E-state index in [0.717, 1.165) is 18.3 Å². The molecule has 0 saturated carbocycles. The average Bonchev–Trinajstić information content (AvgIpc) is 3.07. The lowest BCUT2D eigenvalue weighted by atomic mass is 9.77. The summed E-state index contributed by atoms with van der Waals surface area (Å²) in [6.45, 7) is 9.48. The number of amides is 2. The molecule has 3 aliphatic heterocycles. The Kier molecular flexibility index (Phi) is 6.65. The summed E-state index contributed by atoms with van der Waals surface area (Å²) >= 11 is 0. The number of nitrogens with zero attached hydrogens (tertiary/aromatic N) is 1. The Morgan fingerprint density at radius 2 is 1.49 bits per heavy atom. The SMILES string of the molecule is CC1(C)OB(c2ccc(C3CCN(c4cc(F)c(C5CCC(=O)NC5=O)c(F)c4)CC3)cc2)OC1(C)C. The van der Waals surface area contributed by atoms with E-state index in [1.807, 2.05) is 32.6 Å². The number of piperidine rings is 2. The van der Waals surface area contributed by atoms with E-state index in [4.69, 9.17) is 9.31 Å². The van der Waals surface area contributed by atoms with Crippen LogP contribution < -0.4 is 15.7 Å². The fourth-order valence-electron chi connectivity index (χ4n) is 5.43. The molecule has 3 fully saturated rings. The number of anilines is 1. The van der Waals surface area contributed by atoms with Gasteiger partial charge in [0.05, 0.1) is 17.1 Å². The molecule has 1 atom stereocenters. The number of rotatable bonds is 4. The highest BCUT2D eigenvalue weighted by Crippen LogP contribution is 2.37. The Bertz CT molecular complexity index is 1170. The van der Waals surface area contributed by atoms with E-state index in [1.54, 1.807) is 0 Å². The lowest BCUT2D eigenvalue weighted by Crippen LogP contribution is -2.41. The molecule has 5 rings (SSSR count). The van der Waals surface area contributed by atoms with Gasteiger partial charge in [-0.05, 0) is 76.0 Å². The molecule has 37 heavy (non-hydrogen) atoms. The van der Waals surface area contributed by atoms with Gasteiger partial charge in [0.25, 0.3) is 0 Å². The summed E-state index contributed by atoms with van der Waals surface area (Å²) in [5, 5.41) is 2.17. The molecule has 3 saturated heterocycles. The van der Waals surface area contributed by atoms with Crippen molar-refractivity contribution in [3.63, 3.8) is 0 Å². The third-order valence-electron chi connectivity index (χ3n) is 8.44. The third-order valence-corrected chi connectivity index (χ3v) is 8.44. The van der Waals surface area contributed by atoms with Crippen LogP contribution in [0.4, 0.5) is 14.5 Å². The Labute approximate surface area is 216 Å². The highest BCUT2D eigenvalue weighted by Gasteiger charge is 2.51. The lowest BCUT2D eigenvalue weighted by Gasteiger charge is -2.34. The maximum absolute atomic E-state index is 15.0. The second-order valence-corrected chi connectivity index (χ2v) is 11.3. The number of carbonyl (C=O) groups excluding carboxylic acids is 2. The predicted octanol–water partition coefficient (Wildman–Crippen LogP) is 4.17. The predicted molar refractivity (Wildman–Crippen MR) is 138 cm³/mol. The van der Waals surface area contributed by atoms with Crippen LogP contribution in [-0.4, -0.2) is 43.2 Å². The molecule has 2 aromatic rings. The van der Waals surface area contributed by atoms with Crippen LogP contribution in [0.15, 0.2) is 36.4 Å². The molecule has 9 heteroatoms. The van der Waals surface area contributed by atoms with Crippen molar-refractivity contribution in [1.29, 1.82) is 0 Å². The molecule has 0 spiro atoms. The highest BCUT2D eigenvalue weighted by atomic mass is 19.1. The smallest absolute Gasteiger partial charge is 0.399 e. The van der Waals surface area contributed by atoms with E-state index in [1.165, 1.54) is 17.7 Å². The Hall–Kier alpha value is -2.78. The van der Waals surface area contributed by atoms with E-state index < -0.39 is 36.5 Å². The van der Waals surface area contributed by atoms with Crippen molar-refractivity contribution in [2.45, 2.75) is 76.4 Å². The normalized spacial score (nSPS) is 23.9. The van der Waals surface area contributed by atoms with Gasteiger partial charge in [0.15, 0.2) is 0 Å². The molecule has 3 aliphatic rings. The van der Waals surface area contributed by atoms with Crippen molar-refractivity contribution >= 4 is 30.1 Å². The van der Waals surface area contributed by atoms with Crippen LogP contribution in [0.25, 0.3) is 0 Å². The number of benzene rings is 2. The molecule has 2 aromatic carbocycles. The Morgan fingerprint density at radius 1 is 0.919 bits per heavy atom. The van der Waals surface area contributed by atoms with Crippen molar-refractivity contribution < 1.29 is 27.7 Å². The van der Waals surface area contributed by atoms with Crippen LogP contribution in [0.2, 0.25) is 0 Å². The number of halogens is 2. The van der Waals surface area contributed by atoms with Gasteiger partial charge in [-0.1, -0.05) is 24.3 Å². The first-order valence-corrected chi connectivity index (χ1v) is 13.0. The largest absolute Gasteiger partial charge is 0.494 e. The monoisotopic (exact) mass is 510 g/mol. The summed E-state index contributed by atoms with van der Waals surface area (Å²) in [4.78, 5) is 25.5. The minimum atomic E-state index is -0.988. The molecule has 1 N–H and O–H groups in total. The minimum absolute atomic E-state index is 0.0716. The van der Waals surface area contributed by atoms with Crippen LogP contribution in [0.1, 0.15) is 76.3 Å². The molecule has 0 radical (unpaired) electrons. The summed E-state index contributed by atoms with van der Waals surface area (Å²) in [6, 6.07) is 11.0. The van der Waals surface area contributed by atoms with Gasteiger partial charge in [-0.15, -0.1) is 0 Å². The number of hydrogen-bond donors (Lipinski definition) is 1. The fraction of sp³-hybridized carbons (Fsp3) is 0.500. The van der Waals surface area contributed by atoms with Crippen molar-refractivity contribution in [3.8, 4) is 0 Å². The molecule has 1 unspecified atom stereocenters. The molecule has 0 bridgehead atoms. The fourth-order valence-corrected chi connectivity index (χ4v) is 5.43. The zero-order valence-electron chi connectivity index (χ0n) is 21.8. The number of carbonyl (C=O) groups is 2. The Morgan fingerprint density at radius 3 is 2.03 bits per heavy atom. The molecule has 196 valence electrons. The number of nitrogens with one attached hydrogen (secondary N) is 1. The average molecular weight is 510 g/mol. The molecule has 6 nitrogen and oxygen atoms in total. The summed E-state index contributed by atoms with van der Waals surface area (Å²) < 4.78 is 42.2. The second-order valence-electron chi connectivity index (χ2n) is 11.3. The highest BCUT2D eigenvalue weighted by molar-refractivity contribution is 6.62. The number of hydrogen-bond acceptors (Lipinski definition) is 5. The Balaban J connectivity index is 1.23. The van der Waals surface area contributed by atoms with Crippen molar-refractivity contribution in [3.05, 3.63) is 59.2 Å². The van der Waals surface area contributed by atoms with Crippen LogP contribution in [0, 0.1) is 11.6 Å². The van der Waals surface area contributed by atoms with Crippen molar-refractivity contribution in [2.24, 2.45) is 0 Å². The van der Waals surface area contributed by atoms with Gasteiger partial charge >= 0.3 is 7.12 Å². The van der Waals surface area contributed by atoms with E-state index in [2.05, 4.69) is 29.6 Å². The van der Waals surface area contributed by atoms with Gasteiger partial charge in [-0.3, -0.25) is 14.9 Å². The number of imide groups is 1.